The molecule has 0 radical (unpaired) electrons. The fourth-order valence-electron chi connectivity index (χ4n) is 3.49. The number of ether oxygens (including phenoxy) is 1. The van der Waals surface area contributed by atoms with Crippen LogP contribution in [0.25, 0.3) is 10.2 Å². The average molecular weight is 397 g/mol. The quantitative estimate of drug-likeness (QED) is 0.467. The van der Waals surface area contributed by atoms with Gasteiger partial charge in [0.15, 0.2) is 17.3 Å². The zero-order chi connectivity index (χ0) is 19.5. The minimum absolute atomic E-state index is 0.127. The predicted molar refractivity (Wildman–Crippen MR) is 114 cm³/mol. The van der Waals surface area contributed by atoms with Crippen LogP contribution in [0.15, 0.2) is 23.3 Å². The smallest absolute Gasteiger partial charge is 0.161 e. The van der Waals surface area contributed by atoms with Crippen LogP contribution in [0, 0.1) is 0 Å². The van der Waals surface area contributed by atoms with E-state index >= 15 is 0 Å². The molecule has 2 heterocycles. The number of hydrogen-bond donors (Lipinski definition) is 2. The summed E-state index contributed by atoms with van der Waals surface area (Å²) in [6.45, 7) is 4.44. The molecule has 4 rings (SSSR count). The summed E-state index contributed by atoms with van der Waals surface area (Å²) in [6, 6.07) is 5.17. The molecule has 28 heavy (non-hydrogen) atoms. The van der Waals surface area contributed by atoms with Crippen molar-refractivity contribution in [3.63, 3.8) is 0 Å². The number of aromatic hydroxyl groups is 1. The summed E-state index contributed by atoms with van der Waals surface area (Å²) < 4.78 is 5.43. The first kappa shape index (κ1) is 18.7. The van der Waals surface area contributed by atoms with Crippen LogP contribution in [0.2, 0.25) is 0 Å². The number of thiophene rings is 1. The van der Waals surface area contributed by atoms with Gasteiger partial charge in [-0.3, -0.25) is 5.43 Å². The SMILES string of the molecule is CCOc1cc(/C=N\Nc2nc(CC)nc3sc4c(c23)CCCC4)ccc1O. The molecule has 146 valence electrons. The van der Waals surface area contributed by atoms with E-state index in [1.807, 2.05) is 6.92 Å². The molecule has 0 saturated carbocycles. The maximum absolute atomic E-state index is 9.83. The highest BCUT2D eigenvalue weighted by atomic mass is 32.1. The van der Waals surface area contributed by atoms with Crippen LogP contribution in [0.5, 0.6) is 11.5 Å². The third kappa shape index (κ3) is 3.67. The number of phenolic OH excluding ortho intramolecular Hbond substituents is 1. The number of benzene rings is 1. The van der Waals surface area contributed by atoms with E-state index in [0.717, 1.165) is 46.7 Å². The van der Waals surface area contributed by atoms with Crippen molar-refractivity contribution in [3.05, 3.63) is 40.0 Å². The first-order valence-corrected chi connectivity index (χ1v) is 10.6. The minimum Gasteiger partial charge on any atom is -0.504 e. The molecule has 0 aliphatic heterocycles. The van der Waals surface area contributed by atoms with E-state index in [4.69, 9.17) is 14.7 Å². The Labute approximate surface area is 168 Å². The van der Waals surface area contributed by atoms with Crippen molar-refractivity contribution in [1.82, 2.24) is 9.97 Å². The molecule has 1 aliphatic rings. The van der Waals surface area contributed by atoms with Crippen molar-refractivity contribution in [3.8, 4) is 11.5 Å². The summed E-state index contributed by atoms with van der Waals surface area (Å²) in [7, 11) is 0. The molecule has 7 heteroatoms. The Hall–Kier alpha value is -2.67. The number of anilines is 1. The van der Waals surface area contributed by atoms with Crippen molar-refractivity contribution in [2.24, 2.45) is 5.10 Å². The van der Waals surface area contributed by atoms with Crippen LogP contribution in [0.1, 0.15) is 48.5 Å². The maximum Gasteiger partial charge on any atom is 0.161 e. The second-order valence-corrected chi connectivity index (χ2v) is 7.85. The number of hydrogen-bond acceptors (Lipinski definition) is 7. The second kappa shape index (κ2) is 8.14. The highest BCUT2D eigenvalue weighted by Crippen LogP contribution is 2.38. The van der Waals surface area contributed by atoms with E-state index in [1.165, 1.54) is 23.3 Å². The average Bonchev–Trinajstić information content (AvgIpc) is 3.09. The van der Waals surface area contributed by atoms with Gasteiger partial charge in [0.25, 0.3) is 0 Å². The molecule has 1 aromatic carbocycles. The lowest BCUT2D eigenvalue weighted by molar-refractivity contribution is 0.318. The molecule has 0 atom stereocenters. The maximum atomic E-state index is 9.83. The molecule has 3 aromatic rings. The molecule has 2 N–H and O–H groups in total. The lowest BCUT2D eigenvalue weighted by atomic mass is 9.97. The predicted octanol–water partition coefficient (Wildman–Crippen LogP) is 4.68. The van der Waals surface area contributed by atoms with Gasteiger partial charge in [0, 0.05) is 11.3 Å². The molecule has 6 nitrogen and oxygen atoms in total. The topological polar surface area (TPSA) is 79.6 Å². The number of rotatable bonds is 6. The van der Waals surface area contributed by atoms with Gasteiger partial charge in [0.05, 0.1) is 18.2 Å². The Morgan fingerprint density at radius 3 is 2.93 bits per heavy atom. The largest absolute Gasteiger partial charge is 0.504 e. The van der Waals surface area contributed by atoms with Crippen molar-refractivity contribution in [1.29, 1.82) is 0 Å². The van der Waals surface area contributed by atoms with Crippen molar-refractivity contribution in [2.75, 3.05) is 12.0 Å². The number of nitrogens with zero attached hydrogens (tertiary/aromatic N) is 3. The number of hydrazone groups is 1. The monoisotopic (exact) mass is 396 g/mol. The highest BCUT2D eigenvalue weighted by Gasteiger charge is 2.20. The normalized spacial score (nSPS) is 13.8. The van der Waals surface area contributed by atoms with E-state index in [2.05, 4.69) is 17.5 Å². The summed E-state index contributed by atoms with van der Waals surface area (Å²) in [5, 5.41) is 15.4. The number of phenols is 1. The molecule has 0 amide bonds. The molecule has 0 spiro atoms. The third-order valence-electron chi connectivity index (χ3n) is 4.84. The van der Waals surface area contributed by atoms with Crippen LogP contribution in [-0.2, 0) is 19.3 Å². The number of nitrogens with one attached hydrogen (secondary N) is 1. The van der Waals surface area contributed by atoms with Gasteiger partial charge in [0.2, 0.25) is 0 Å². The van der Waals surface area contributed by atoms with E-state index < -0.39 is 0 Å². The van der Waals surface area contributed by atoms with Crippen LogP contribution in [0.4, 0.5) is 5.82 Å². The lowest BCUT2D eigenvalue weighted by Crippen LogP contribution is -2.03. The van der Waals surface area contributed by atoms with Gasteiger partial charge in [-0.2, -0.15) is 5.10 Å². The van der Waals surface area contributed by atoms with Gasteiger partial charge in [-0.25, -0.2) is 9.97 Å². The van der Waals surface area contributed by atoms with Gasteiger partial charge in [-0.15, -0.1) is 11.3 Å². The summed E-state index contributed by atoms with van der Waals surface area (Å²) in [6.07, 6.45) is 7.17. The molecule has 0 unspecified atom stereocenters. The second-order valence-electron chi connectivity index (χ2n) is 6.76. The Bertz CT molecular complexity index is 1030. The Balaban J connectivity index is 1.65. The lowest BCUT2D eigenvalue weighted by Gasteiger charge is -2.11. The van der Waals surface area contributed by atoms with Gasteiger partial charge in [-0.05, 0) is 61.9 Å². The molecular formula is C21H24N4O2S. The zero-order valence-corrected chi connectivity index (χ0v) is 17.0. The van der Waals surface area contributed by atoms with E-state index in [0.29, 0.717) is 12.4 Å². The summed E-state index contributed by atoms with van der Waals surface area (Å²) >= 11 is 1.79. The standard InChI is InChI=1S/C21H24N4O2S/c1-3-18-23-20(19-14-7-5-6-8-17(14)28-21(19)24-18)25-22-12-13-9-10-15(26)16(11-13)27-4-2/h9-12,26H,3-8H2,1-2H3,(H,23,24,25)/b22-12-. The van der Waals surface area contributed by atoms with Crippen molar-refractivity contribution in [2.45, 2.75) is 46.0 Å². The Morgan fingerprint density at radius 2 is 2.11 bits per heavy atom. The molecule has 0 fully saturated rings. The van der Waals surface area contributed by atoms with Crippen LogP contribution >= 0.6 is 11.3 Å². The van der Waals surface area contributed by atoms with Crippen molar-refractivity contribution >= 4 is 33.6 Å². The van der Waals surface area contributed by atoms with Crippen LogP contribution in [-0.4, -0.2) is 27.9 Å². The molecule has 2 aromatic heterocycles. The van der Waals surface area contributed by atoms with Gasteiger partial charge < -0.3 is 9.84 Å². The van der Waals surface area contributed by atoms with Crippen molar-refractivity contribution < 1.29 is 9.84 Å². The molecule has 0 saturated heterocycles. The summed E-state index contributed by atoms with van der Waals surface area (Å²) in [5.41, 5.74) is 5.35. The van der Waals surface area contributed by atoms with Gasteiger partial charge >= 0.3 is 0 Å². The van der Waals surface area contributed by atoms with Gasteiger partial charge in [-0.1, -0.05) is 6.92 Å². The van der Waals surface area contributed by atoms with E-state index in [-0.39, 0.29) is 5.75 Å². The third-order valence-corrected chi connectivity index (χ3v) is 6.03. The number of aromatic nitrogens is 2. The molecule has 1 aliphatic carbocycles. The Morgan fingerprint density at radius 1 is 1.25 bits per heavy atom. The fraction of sp³-hybridized carbons (Fsp3) is 0.381. The minimum atomic E-state index is 0.127. The summed E-state index contributed by atoms with van der Waals surface area (Å²) in [4.78, 5) is 11.9. The number of aryl methyl sites for hydroxylation is 3. The van der Waals surface area contributed by atoms with E-state index in [1.54, 1.807) is 35.8 Å². The molecular weight excluding hydrogens is 372 g/mol. The molecule has 0 bridgehead atoms. The first-order valence-electron chi connectivity index (χ1n) is 9.75. The van der Waals surface area contributed by atoms with E-state index in [9.17, 15) is 5.11 Å². The number of fused-ring (bicyclic) bond motifs is 3. The summed E-state index contributed by atoms with van der Waals surface area (Å²) in [5.74, 6) is 2.19. The Kier molecular flexibility index (Phi) is 5.43. The highest BCUT2D eigenvalue weighted by molar-refractivity contribution is 7.19. The fourth-order valence-corrected chi connectivity index (χ4v) is 4.77. The van der Waals surface area contributed by atoms with Gasteiger partial charge in [0.1, 0.15) is 10.7 Å². The van der Waals surface area contributed by atoms with Crippen LogP contribution in [0.3, 0.4) is 0 Å². The zero-order valence-electron chi connectivity index (χ0n) is 16.2. The first-order chi connectivity index (χ1) is 13.7. The van der Waals surface area contributed by atoms with Crippen LogP contribution < -0.4 is 10.2 Å².